The van der Waals surface area contributed by atoms with E-state index in [2.05, 4.69) is 5.32 Å². The Bertz CT molecular complexity index is 1060. The van der Waals surface area contributed by atoms with Crippen molar-refractivity contribution >= 4 is 28.8 Å². The number of rotatable bonds is 6. The molecule has 5 fully saturated rings. The highest BCUT2D eigenvalue weighted by Crippen LogP contribution is 2.60. The minimum absolute atomic E-state index is 0.0591. The quantitative estimate of drug-likeness (QED) is 0.483. The number of benzene rings is 1. The van der Waals surface area contributed by atoms with E-state index < -0.39 is 45.6 Å². The van der Waals surface area contributed by atoms with E-state index in [1.807, 2.05) is 0 Å². The number of alkyl halides is 3. The van der Waals surface area contributed by atoms with Gasteiger partial charge in [0, 0.05) is 11.5 Å². The molecule has 0 aromatic heterocycles. The maximum atomic E-state index is 14.0. The fourth-order valence-electron chi connectivity index (χ4n) is 7.86. The van der Waals surface area contributed by atoms with Gasteiger partial charge in [-0.05, 0) is 74.8 Å². The van der Waals surface area contributed by atoms with Crippen LogP contribution in [0.4, 0.5) is 18.9 Å². The van der Waals surface area contributed by atoms with Gasteiger partial charge in [-0.25, -0.2) is 4.21 Å². The number of amides is 2. The molecule has 11 heteroatoms. The Hall–Kier alpha value is -2.14. The molecule has 0 heterocycles. The molecule has 1 aromatic carbocycles. The number of halogens is 3. The number of carbonyl (C=O) groups is 2. The number of nitrogens with one attached hydrogen (secondary N) is 1. The average molecular weight is 528 g/mol. The zero-order valence-corrected chi connectivity index (χ0v) is 20.7. The van der Waals surface area contributed by atoms with Crippen molar-refractivity contribution in [3.05, 3.63) is 29.8 Å². The maximum absolute atomic E-state index is 14.0. The third-order valence-electron chi connectivity index (χ3n) is 9.17. The lowest BCUT2D eigenvalue weighted by atomic mass is 9.47. The Balaban J connectivity index is 1.49. The molecule has 7 nitrogen and oxygen atoms in total. The van der Waals surface area contributed by atoms with Crippen molar-refractivity contribution in [3.8, 4) is 0 Å². The number of anilines is 1. The summed E-state index contributed by atoms with van der Waals surface area (Å²) >= 11 is -2.87. The van der Waals surface area contributed by atoms with Gasteiger partial charge in [0.2, 0.25) is 11.8 Å². The zero-order valence-electron chi connectivity index (χ0n) is 19.9. The number of carbonyl (C=O) groups excluding carboxylic acids is 2. The molecule has 6 rings (SSSR count). The van der Waals surface area contributed by atoms with Crippen molar-refractivity contribution in [2.24, 2.45) is 28.9 Å². The molecule has 5 aliphatic rings. The number of primary amides is 1. The average Bonchev–Trinajstić information content (AvgIpc) is 2.81. The SMILES string of the molecule is NC(=O)C12CC3CC(C1)C(NC(=O)C1(N(c4ccccc4C(F)(F)F)S(=O)O)CCCCC1)C(C3)C2. The van der Waals surface area contributed by atoms with Gasteiger partial charge in [0.25, 0.3) is 11.3 Å². The lowest BCUT2D eigenvalue weighted by Gasteiger charge is -2.59. The van der Waals surface area contributed by atoms with E-state index in [0.29, 0.717) is 31.6 Å². The highest BCUT2D eigenvalue weighted by atomic mass is 32.2. The van der Waals surface area contributed by atoms with Crippen LogP contribution < -0.4 is 15.4 Å². The molecule has 4 N–H and O–H groups in total. The van der Waals surface area contributed by atoms with Crippen LogP contribution in [0.2, 0.25) is 0 Å². The minimum Gasteiger partial charge on any atom is -0.369 e. The zero-order chi connectivity index (χ0) is 25.9. The first kappa shape index (κ1) is 25.5. The summed E-state index contributed by atoms with van der Waals surface area (Å²) in [4.78, 5) is 26.3. The number of hydrogen-bond donors (Lipinski definition) is 3. The fraction of sp³-hybridized carbons (Fsp3) is 0.680. The smallest absolute Gasteiger partial charge is 0.369 e. The Morgan fingerprint density at radius 1 is 1.06 bits per heavy atom. The number of nitrogens with two attached hydrogens (primary N) is 1. The number of hydrogen-bond acceptors (Lipinski definition) is 3. The van der Waals surface area contributed by atoms with Crippen LogP contribution in [0.5, 0.6) is 0 Å². The molecular weight excluding hydrogens is 495 g/mol. The monoisotopic (exact) mass is 527 g/mol. The summed E-state index contributed by atoms with van der Waals surface area (Å²) in [6.45, 7) is 0. The molecule has 0 spiro atoms. The van der Waals surface area contributed by atoms with Gasteiger partial charge >= 0.3 is 6.18 Å². The molecule has 3 unspecified atom stereocenters. The molecule has 0 radical (unpaired) electrons. The molecule has 5 saturated carbocycles. The van der Waals surface area contributed by atoms with Crippen LogP contribution in [0, 0.1) is 23.2 Å². The van der Waals surface area contributed by atoms with Crippen molar-refractivity contribution in [1.82, 2.24) is 5.32 Å². The summed E-state index contributed by atoms with van der Waals surface area (Å²) in [6, 6.07) is 4.39. The molecule has 3 atom stereocenters. The van der Waals surface area contributed by atoms with E-state index in [9.17, 15) is 31.5 Å². The predicted molar refractivity (Wildman–Crippen MR) is 128 cm³/mol. The Labute approximate surface area is 210 Å². The maximum Gasteiger partial charge on any atom is 0.418 e. The third-order valence-corrected chi connectivity index (χ3v) is 10.0. The van der Waals surface area contributed by atoms with Crippen LogP contribution in [0.1, 0.15) is 69.8 Å². The second kappa shape index (κ2) is 9.01. The highest BCUT2D eigenvalue weighted by molar-refractivity contribution is 7.80. The van der Waals surface area contributed by atoms with Crippen LogP contribution in [0.15, 0.2) is 24.3 Å². The van der Waals surface area contributed by atoms with E-state index in [1.54, 1.807) is 0 Å². The van der Waals surface area contributed by atoms with Gasteiger partial charge in [-0.1, -0.05) is 31.4 Å². The van der Waals surface area contributed by atoms with Gasteiger partial charge in [0.05, 0.1) is 11.3 Å². The molecule has 0 saturated heterocycles. The summed E-state index contributed by atoms with van der Waals surface area (Å²) in [6.07, 6.45) is 1.21. The van der Waals surface area contributed by atoms with Gasteiger partial charge in [-0.15, -0.1) is 0 Å². The van der Waals surface area contributed by atoms with Crippen LogP contribution in [0.3, 0.4) is 0 Å². The molecule has 1 aromatic rings. The second-order valence-electron chi connectivity index (χ2n) is 11.2. The summed E-state index contributed by atoms with van der Waals surface area (Å²) in [5.41, 5.74) is 2.13. The Morgan fingerprint density at radius 3 is 2.22 bits per heavy atom. The Morgan fingerprint density at radius 2 is 1.67 bits per heavy atom. The van der Waals surface area contributed by atoms with Crippen LogP contribution >= 0.6 is 0 Å². The first-order valence-corrected chi connectivity index (χ1v) is 13.7. The van der Waals surface area contributed by atoms with Gasteiger partial charge in [0.1, 0.15) is 5.54 Å². The molecule has 36 heavy (non-hydrogen) atoms. The lowest BCUT2D eigenvalue weighted by molar-refractivity contribution is -0.148. The molecule has 4 bridgehead atoms. The molecule has 198 valence electrons. The van der Waals surface area contributed by atoms with Crippen LogP contribution in [-0.4, -0.2) is 32.2 Å². The normalized spacial score (nSPS) is 33.7. The van der Waals surface area contributed by atoms with E-state index in [1.165, 1.54) is 12.1 Å². The Kier molecular flexibility index (Phi) is 6.38. The largest absolute Gasteiger partial charge is 0.418 e. The number of nitrogens with zero attached hydrogens (tertiary/aromatic N) is 1. The lowest BCUT2D eigenvalue weighted by Crippen LogP contribution is -2.67. The standard InChI is InChI=1S/C25H32F3N3O4S/c26-25(27,28)18-6-2-3-7-19(18)31(36(34)35)24(8-4-1-5-9-24)22(33)30-20-16-10-15-11-17(20)14-23(12-15,13-16)21(29)32/h2-3,6-7,15-17,20H,1,4-5,8-14H2,(H2,29,32)(H,30,33)(H,34,35). The van der Waals surface area contributed by atoms with Gasteiger partial charge in [0.15, 0.2) is 0 Å². The summed E-state index contributed by atoms with van der Waals surface area (Å²) < 4.78 is 65.5. The van der Waals surface area contributed by atoms with Crippen LogP contribution in [0.25, 0.3) is 0 Å². The summed E-state index contributed by atoms with van der Waals surface area (Å²) in [5, 5.41) is 3.13. The van der Waals surface area contributed by atoms with Crippen molar-refractivity contribution in [3.63, 3.8) is 0 Å². The molecular formula is C25H32F3N3O4S. The summed E-state index contributed by atoms with van der Waals surface area (Å²) in [5.74, 6) is -0.298. The van der Waals surface area contributed by atoms with Crippen molar-refractivity contribution in [1.29, 1.82) is 0 Å². The molecule has 2 amide bonds. The van der Waals surface area contributed by atoms with E-state index in [0.717, 1.165) is 42.1 Å². The minimum atomic E-state index is -4.76. The van der Waals surface area contributed by atoms with Crippen molar-refractivity contribution < 1.29 is 31.5 Å². The molecule has 0 aliphatic heterocycles. The van der Waals surface area contributed by atoms with E-state index in [4.69, 9.17) is 5.73 Å². The molecule has 5 aliphatic carbocycles. The predicted octanol–water partition coefficient (Wildman–Crippen LogP) is 4.15. The summed E-state index contributed by atoms with van der Waals surface area (Å²) in [7, 11) is 0. The fourth-order valence-corrected chi connectivity index (χ4v) is 8.75. The highest BCUT2D eigenvalue weighted by Gasteiger charge is 2.59. The van der Waals surface area contributed by atoms with Crippen molar-refractivity contribution in [2.45, 2.75) is 82.0 Å². The second-order valence-corrected chi connectivity index (χ2v) is 12.1. The van der Waals surface area contributed by atoms with E-state index >= 15 is 0 Å². The van der Waals surface area contributed by atoms with Crippen LogP contribution in [-0.2, 0) is 27.0 Å². The first-order valence-electron chi connectivity index (χ1n) is 12.7. The van der Waals surface area contributed by atoms with Gasteiger partial charge in [-0.2, -0.15) is 13.2 Å². The van der Waals surface area contributed by atoms with Crippen molar-refractivity contribution in [2.75, 3.05) is 4.31 Å². The topological polar surface area (TPSA) is 113 Å². The number of para-hydroxylation sites is 1. The van der Waals surface area contributed by atoms with E-state index in [-0.39, 0.29) is 36.6 Å². The first-order chi connectivity index (χ1) is 17.0. The van der Waals surface area contributed by atoms with Gasteiger partial charge in [-0.3, -0.25) is 18.4 Å². The van der Waals surface area contributed by atoms with Gasteiger partial charge < -0.3 is 11.1 Å². The third kappa shape index (κ3) is 4.12.